The Morgan fingerprint density at radius 1 is 1.32 bits per heavy atom. The van der Waals surface area contributed by atoms with Crippen LogP contribution in [0.3, 0.4) is 0 Å². The van der Waals surface area contributed by atoms with Crippen LogP contribution in [0.15, 0.2) is 18.2 Å². The van der Waals surface area contributed by atoms with Gasteiger partial charge in [-0.2, -0.15) is 12.7 Å². The summed E-state index contributed by atoms with van der Waals surface area (Å²) in [7, 11) is -3.44. The highest BCUT2D eigenvalue weighted by Gasteiger charge is 2.31. The molecule has 0 saturated heterocycles. The zero-order valence-electron chi connectivity index (χ0n) is 11.5. The van der Waals surface area contributed by atoms with Gasteiger partial charge in [0.15, 0.2) is 0 Å². The summed E-state index contributed by atoms with van der Waals surface area (Å²) in [4.78, 5) is 0. The lowest BCUT2D eigenvalue weighted by atomic mass is 10.0. The Kier molecular flexibility index (Phi) is 4.01. The van der Waals surface area contributed by atoms with Crippen LogP contribution in [0.1, 0.15) is 25.8 Å². The van der Waals surface area contributed by atoms with Crippen molar-refractivity contribution in [3.63, 3.8) is 0 Å². The van der Waals surface area contributed by atoms with Crippen LogP contribution in [0, 0.1) is 0 Å². The maximum atomic E-state index is 12.6. The summed E-state index contributed by atoms with van der Waals surface area (Å²) in [6.45, 7) is 5.19. The topological polar surface area (TPSA) is 66.6 Å². The Morgan fingerprint density at radius 3 is 2.63 bits per heavy atom. The molecule has 2 N–H and O–H groups in total. The number of aryl methyl sites for hydroxylation is 1. The number of nitrogen functional groups attached to an aromatic ring is 1. The summed E-state index contributed by atoms with van der Waals surface area (Å²) < 4.78 is 28.2. The molecule has 1 heterocycles. The number of rotatable bonds is 4. The molecule has 5 nitrogen and oxygen atoms in total. The second-order valence-corrected chi connectivity index (χ2v) is 6.51. The number of fused-ring (bicyclic) bond motifs is 1. The number of benzene rings is 1. The van der Waals surface area contributed by atoms with Gasteiger partial charge < -0.3 is 5.73 Å². The molecular formula is C13H21N3O2S. The van der Waals surface area contributed by atoms with Crippen LogP contribution >= 0.6 is 0 Å². The molecule has 2 rings (SSSR count). The smallest absolute Gasteiger partial charge is 0.304 e. The van der Waals surface area contributed by atoms with Crippen LogP contribution in [0.4, 0.5) is 11.4 Å². The third kappa shape index (κ3) is 2.55. The molecule has 1 aliphatic rings. The molecular weight excluding hydrogens is 262 g/mol. The van der Waals surface area contributed by atoms with Crippen molar-refractivity contribution < 1.29 is 8.42 Å². The predicted molar refractivity (Wildman–Crippen MR) is 78.4 cm³/mol. The highest BCUT2D eigenvalue weighted by atomic mass is 32.2. The molecule has 0 unspecified atom stereocenters. The van der Waals surface area contributed by atoms with Crippen LogP contribution < -0.4 is 10.0 Å². The van der Waals surface area contributed by atoms with Crippen molar-refractivity contribution in [3.8, 4) is 0 Å². The molecule has 0 radical (unpaired) electrons. The molecule has 1 aromatic carbocycles. The largest absolute Gasteiger partial charge is 0.399 e. The highest BCUT2D eigenvalue weighted by molar-refractivity contribution is 7.90. The fourth-order valence-electron chi connectivity index (χ4n) is 2.49. The number of hydrogen-bond acceptors (Lipinski definition) is 3. The van der Waals surface area contributed by atoms with Gasteiger partial charge in [0.2, 0.25) is 0 Å². The Labute approximate surface area is 115 Å². The summed E-state index contributed by atoms with van der Waals surface area (Å²) in [5, 5.41) is 0. The maximum absolute atomic E-state index is 12.6. The van der Waals surface area contributed by atoms with Gasteiger partial charge in [0.05, 0.1) is 5.69 Å². The average Bonchev–Trinajstić information content (AvgIpc) is 2.38. The second kappa shape index (κ2) is 5.38. The van der Waals surface area contributed by atoms with Crippen LogP contribution in [0.25, 0.3) is 0 Å². The first-order valence-electron chi connectivity index (χ1n) is 6.67. The summed E-state index contributed by atoms with van der Waals surface area (Å²) in [6, 6.07) is 5.51. The Morgan fingerprint density at radius 2 is 2.00 bits per heavy atom. The lowest BCUT2D eigenvalue weighted by Crippen LogP contribution is -2.46. The molecule has 19 heavy (non-hydrogen) atoms. The molecule has 0 saturated carbocycles. The predicted octanol–water partition coefficient (Wildman–Crippen LogP) is 1.61. The van der Waals surface area contributed by atoms with Gasteiger partial charge >= 0.3 is 10.2 Å². The molecule has 6 heteroatoms. The quantitative estimate of drug-likeness (QED) is 0.854. The maximum Gasteiger partial charge on any atom is 0.304 e. The minimum atomic E-state index is -3.44. The van der Waals surface area contributed by atoms with Crippen molar-refractivity contribution in [1.82, 2.24) is 4.31 Å². The minimum Gasteiger partial charge on any atom is -0.399 e. The van der Waals surface area contributed by atoms with Crippen molar-refractivity contribution in [2.24, 2.45) is 0 Å². The van der Waals surface area contributed by atoms with E-state index in [2.05, 4.69) is 0 Å². The Bertz CT molecular complexity index is 553. The second-order valence-electron chi connectivity index (χ2n) is 4.66. The first-order valence-corrected chi connectivity index (χ1v) is 8.06. The SMILES string of the molecule is CCN(CC)S(=O)(=O)N1CCCc2ccc(N)cc21. The van der Waals surface area contributed by atoms with E-state index in [-0.39, 0.29) is 0 Å². The molecule has 106 valence electrons. The molecule has 0 amide bonds. The minimum absolute atomic E-state index is 0.479. The first kappa shape index (κ1) is 14.1. The molecule has 0 atom stereocenters. The lowest BCUT2D eigenvalue weighted by Gasteiger charge is -2.34. The van der Waals surface area contributed by atoms with Gasteiger partial charge in [-0.05, 0) is 30.5 Å². The van der Waals surface area contributed by atoms with Gasteiger partial charge in [0.25, 0.3) is 0 Å². The van der Waals surface area contributed by atoms with E-state index >= 15 is 0 Å². The van der Waals surface area contributed by atoms with Gasteiger partial charge in [-0.3, -0.25) is 4.31 Å². The van der Waals surface area contributed by atoms with Gasteiger partial charge in [-0.15, -0.1) is 0 Å². The van der Waals surface area contributed by atoms with Crippen LogP contribution in [0.5, 0.6) is 0 Å². The molecule has 0 bridgehead atoms. The van der Waals surface area contributed by atoms with E-state index < -0.39 is 10.2 Å². The van der Waals surface area contributed by atoms with Gasteiger partial charge in [-0.25, -0.2) is 0 Å². The van der Waals surface area contributed by atoms with Crippen LogP contribution in [-0.2, 0) is 16.6 Å². The van der Waals surface area contributed by atoms with Crippen molar-refractivity contribution in [2.45, 2.75) is 26.7 Å². The number of hydrogen-bond donors (Lipinski definition) is 1. The summed E-state index contributed by atoms with van der Waals surface area (Å²) in [6.07, 6.45) is 1.75. The molecule has 1 aromatic rings. The van der Waals surface area contributed by atoms with E-state index in [9.17, 15) is 8.42 Å². The fourth-order valence-corrected chi connectivity index (χ4v) is 4.20. The monoisotopic (exact) mass is 283 g/mol. The van der Waals surface area contributed by atoms with Crippen LogP contribution in [-0.4, -0.2) is 32.4 Å². The van der Waals surface area contributed by atoms with E-state index in [1.54, 1.807) is 6.07 Å². The van der Waals surface area contributed by atoms with Crippen molar-refractivity contribution in [2.75, 3.05) is 29.7 Å². The van der Waals surface area contributed by atoms with E-state index in [0.717, 1.165) is 24.1 Å². The third-order valence-corrected chi connectivity index (χ3v) is 5.60. The van der Waals surface area contributed by atoms with Crippen LogP contribution in [0.2, 0.25) is 0 Å². The standard InChI is InChI=1S/C13H21N3O2S/c1-3-15(4-2)19(17,18)16-9-5-6-11-7-8-12(14)10-13(11)16/h7-8,10H,3-6,9,14H2,1-2H3. The van der Waals surface area contributed by atoms with E-state index in [1.165, 1.54) is 8.61 Å². The van der Waals surface area contributed by atoms with Gasteiger partial charge in [0.1, 0.15) is 0 Å². The van der Waals surface area contributed by atoms with Crippen molar-refractivity contribution in [1.29, 1.82) is 0 Å². The molecule has 1 aliphatic heterocycles. The van der Waals surface area contributed by atoms with E-state index in [4.69, 9.17) is 5.73 Å². The van der Waals surface area contributed by atoms with Crippen molar-refractivity contribution >= 4 is 21.6 Å². The van der Waals surface area contributed by atoms with E-state index in [0.29, 0.717) is 25.3 Å². The first-order chi connectivity index (χ1) is 9.00. The summed E-state index contributed by atoms with van der Waals surface area (Å²) in [5.74, 6) is 0. The zero-order chi connectivity index (χ0) is 14.0. The Balaban J connectivity index is 2.46. The molecule has 0 aromatic heterocycles. The summed E-state index contributed by atoms with van der Waals surface area (Å²) in [5.41, 5.74) is 8.18. The Hall–Kier alpha value is -1.27. The van der Waals surface area contributed by atoms with Gasteiger partial charge in [0, 0.05) is 25.3 Å². The normalized spacial score (nSPS) is 15.6. The zero-order valence-corrected chi connectivity index (χ0v) is 12.3. The van der Waals surface area contributed by atoms with Crippen molar-refractivity contribution in [3.05, 3.63) is 23.8 Å². The average molecular weight is 283 g/mol. The molecule has 0 aliphatic carbocycles. The summed E-state index contributed by atoms with van der Waals surface area (Å²) >= 11 is 0. The number of nitrogens with zero attached hydrogens (tertiary/aromatic N) is 2. The number of nitrogens with two attached hydrogens (primary N) is 1. The van der Waals surface area contributed by atoms with Gasteiger partial charge in [-0.1, -0.05) is 19.9 Å². The fraction of sp³-hybridized carbons (Fsp3) is 0.538. The third-order valence-electron chi connectivity index (χ3n) is 3.50. The molecule has 0 spiro atoms. The molecule has 0 fully saturated rings. The highest BCUT2D eigenvalue weighted by Crippen LogP contribution is 2.32. The lowest BCUT2D eigenvalue weighted by molar-refractivity contribution is 0.440. The number of anilines is 2. The van der Waals surface area contributed by atoms with E-state index in [1.807, 2.05) is 26.0 Å².